The van der Waals surface area contributed by atoms with Gasteiger partial charge in [-0.15, -0.1) is 11.3 Å². The number of amides is 1. The molecule has 3 heterocycles. The number of carbonyl (C=O) groups is 1. The lowest BCUT2D eigenvalue weighted by molar-refractivity contribution is -0.127. The zero-order chi connectivity index (χ0) is 20.9. The Morgan fingerprint density at radius 3 is 2.67 bits per heavy atom. The number of thiazole rings is 1. The molecular formula is C23H21ClN4OS. The van der Waals surface area contributed by atoms with Gasteiger partial charge in [-0.1, -0.05) is 48.9 Å². The second-order valence-corrected chi connectivity index (χ2v) is 8.13. The van der Waals surface area contributed by atoms with E-state index in [1.165, 1.54) is 16.9 Å². The summed E-state index contributed by atoms with van der Waals surface area (Å²) >= 11 is 7.75. The van der Waals surface area contributed by atoms with Crippen LogP contribution in [0, 0.1) is 0 Å². The van der Waals surface area contributed by atoms with E-state index in [1.807, 2.05) is 28.1 Å². The van der Waals surface area contributed by atoms with E-state index < -0.39 is 0 Å². The molecule has 0 saturated carbocycles. The number of pyridine rings is 1. The van der Waals surface area contributed by atoms with Gasteiger partial charge in [0.25, 0.3) is 0 Å². The molecule has 3 aromatic heterocycles. The number of benzene rings is 1. The van der Waals surface area contributed by atoms with Crippen molar-refractivity contribution in [3.8, 4) is 0 Å². The van der Waals surface area contributed by atoms with Crippen molar-refractivity contribution >= 4 is 39.9 Å². The molecule has 0 aliphatic carbocycles. The Bertz CT molecular complexity index is 1170. The van der Waals surface area contributed by atoms with Crippen molar-refractivity contribution in [3.05, 3.63) is 94.0 Å². The highest BCUT2D eigenvalue weighted by Crippen LogP contribution is 2.22. The summed E-state index contributed by atoms with van der Waals surface area (Å²) in [5.41, 5.74) is 4.04. The normalized spacial score (nSPS) is 11.4. The van der Waals surface area contributed by atoms with Crippen LogP contribution in [0.1, 0.15) is 29.3 Å². The number of nitrogens with zero attached hydrogens (tertiary/aromatic N) is 4. The minimum absolute atomic E-state index is 0.0975. The van der Waals surface area contributed by atoms with E-state index >= 15 is 0 Å². The molecule has 7 heteroatoms. The van der Waals surface area contributed by atoms with Gasteiger partial charge in [0.05, 0.1) is 5.69 Å². The molecule has 0 atom stereocenters. The number of aryl methyl sites for hydroxylation is 1. The molecular weight excluding hydrogens is 416 g/mol. The third kappa shape index (κ3) is 4.61. The van der Waals surface area contributed by atoms with E-state index in [0.29, 0.717) is 23.9 Å². The molecule has 0 saturated heterocycles. The van der Waals surface area contributed by atoms with E-state index in [2.05, 4.69) is 41.2 Å². The number of hydrogen-bond donors (Lipinski definition) is 0. The van der Waals surface area contributed by atoms with Crippen LogP contribution in [0.25, 0.3) is 11.0 Å². The molecule has 0 aliphatic rings. The van der Waals surface area contributed by atoms with Crippen LogP contribution in [-0.2, 0) is 24.3 Å². The Balaban J connectivity index is 1.57. The van der Waals surface area contributed by atoms with Gasteiger partial charge in [-0.2, -0.15) is 0 Å². The van der Waals surface area contributed by atoms with E-state index in [-0.39, 0.29) is 5.91 Å². The Hall–Kier alpha value is -2.96. The van der Waals surface area contributed by atoms with Crippen LogP contribution in [0.15, 0.2) is 66.4 Å². The Morgan fingerprint density at radius 1 is 1.17 bits per heavy atom. The fourth-order valence-electron chi connectivity index (χ4n) is 3.21. The highest BCUT2D eigenvalue weighted by atomic mass is 35.5. The number of halogens is 1. The summed E-state index contributed by atoms with van der Waals surface area (Å²) in [4.78, 5) is 24.2. The molecule has 4 rings (SSSR count). The summed E-state index contributed by atoms with van der Waals surface area (Å²) in [5, 5.41) is 2.33. The zero-order valence-corrected chi connectivity index (χ0v) is 18.1. The summed E-state index contributed by atoms with van der Waals surface area (Å²) in [6.07, 6.45) is 9.69. The molecule has 0 fully saturated rings. The summed E-state index contributed by atoms with van der Waals surface area (Å²) < 4.78 is 1.88. The van der Waals surface area contributed by atoms with Crippen molar-refractivity contribution in [1.29, 1.82) is 0 Å². The zero-order valence-electron chi connectivity index (χ0n) is 16.5. The number of hydrogen-bond acceptors (Lipinski definition) is 4. The molecule has 0 N–H and O–H groups in total. The maximum atomic E-state index is 13.1. The van der Waals surface area contributed by atoms with Gasteiger partial charge in [0.2, 0.25) is 5.91 Å². The summed E-state index contributed by atoms with van der Waals surface area (Å²) in [5.74, 6) is -0.0975. The monoisotopic (exact) mass is 436 g/mol. The predicted molar refractivity (Wildman–Crippen MR) is 121 cm³/mol. The topological polar surface area (TPSA) is 50.5 Å². The van der Waals surface area contributed by atoms with Gasteiger partial charge in [0.15, 0.2) is 10.1 Å². The van der Waals surface area contributed by atoms with Crippen LogP contribution in [0.2, 0.25) is 5.15 Å². The van der Waals surface area contributed by atoms with Crippen LogP contribution in [0.3, 0.4) is 0 Å². The van der Waals surface area contributed by atoms with E-state index in [9.17, 15) is 4.79 Å². The van der Waals surface area contributed by atoms with Crippen LogP contribution >= 0.6 is 22.9 Å². The average molecular weight is 437 g/mol. The Labute approximate surface area is 184 Å². The predicted octanol–water partition coefficient (Wildman–Crippen LogP) is 5.25. The highest BCUT2D eigenvalue weighted by Gasteiger charge is 2.14. The van der Waals surface area contributed by atoms with Crippen molar-refractivity contribution in [2.75, 3.05) is 0 Å². The number of carbonyl (C=O) groups excluding carboxylic acids is 1. The molecule has 0 unspecified atom stereocenters. The molecule has 4 aromatic rings. The molecule has 0 radical (unpaired) electrons. The van der Waals surface area contributed by atoms with Gasteiger partial charge in [-0.3, -0.25) is 14.2 Å². The first-order valence-corrected chi connectivity index (χ1v) is 10.9. The van der Waals surface area contributed by atoms with Gasteiger partial charge < -0.3 is 4.90 Å². The van der Waals surface area contributed by atoms with Gasteiger partial charge in [0, 0.05) is 43.1 Å². The Morgan fingerprint density at radius 2 is 1.93 bits per heavy atom. The molecule has 152 valence electrons. The highest BCUT2D eigenvalue weighted by molar-refractivity contribution is 7.15. The molecule has 1 amide bonds. The Kier molecular flexibility index (Phi) is 6.26. The second kappa shape index (κ2) is 9.24. The van der Waals surface area contributed by atoms with Crippen molar-refractivity contribution < 1.29 is 4.79 Å². The lowest BCUT2D eigenvalue weighted by Gasteiger charge is -2.21. The fraction of sp³-hybridized carbons (Fsp3) is 0.174. The lowest BCUT2D eigenvalue weighted by atomic mass is 10.1. The van der Waals surface area contributed by atoms with Crippen LogP contribution in [-0.4, -0.2) is 25.2 Å². The fourth-order valence-corrected chi connectivity index (χ4v) is 4.21. The molecule has 30 heavy (non-hydrogen) atoms. The van der Waals surface area contributed by atoms with E-state index in [1.54, 1.807) is 29.4 Å². The van der Waals surface area contributed by atoms with Crippen molar-refractivity contribution in [3.63, 3.8) is 0 Å². The summed E-state index contributed by atoms with van der Waals surface area (Å²) in [6, 6.07) is 12.2. The first kappa shape index (κ1) is 20.3. The van der Waals surface area contributed by atoms with Crippen molar-refractivity contribution in [2.24, 2.45) is 0 Å². The minimum atomic E-state index is -0.0975. The molecule has 0 aliphatic heterocycles. The molecule has 0 bridgehead atoms. The lowest BCUT2D eigenvalue weighted by Crippen LogP contribution is -2.28. The average Bonchev–Trinajstić information content (AvgIpc) is 3.33. The molecule has 0 spiro atoms. The molecule has 5 nitrogen and oxygen atoms in total. The second-order valence-electron chi connectivity index (χ2n) is 6.90. The quantitative estimate of drug-likeness (QED) is 0.372. The van der Waals surface area contributed by atoms with Crippen LogP contribution < -0.4 is 0 Å². The number of aromatic nitrogens is 3. The number of imidazole rings is 1. The third-order valence-electron chi connectivity index (χ3n) is 4.85. The third-order valence-corrected chi connectivity index (χ3v) is 5.89. The number of rotatable bonds is 7. The summed E-state index contributed by atoms with van der Waals surface area (Å²) in [7, 11) is 0. The van der Waals surface area contributed by atoms with E-state index in [4.69, 9.17) is 11.6 Å². The summed E-state index contributed by atoms with van der Waals surface area (Å²) in [6.45, 7) is 3.11. The van der Waals surface area contributed by atoms with Gasteiger partial charge in [-0.05, 0) is 35.3 Å². The van der Waals surface area contributed by atoms with Crippen LogP contribution in [0.4, 0.5) is 0 Å². The smallest absolute Gasteiger partial charge is 0.247 e. The van der Waals surface area contributed by atoms with Gasteiger partial charge in [0.1, 0.15) is 0 Å². The molecule has 1 aromatic carbocycles. The first-order chi connectivity index (χ1) is 14.6. The van der Waals surface area contributed by atoms with Gasteiger partial charge >= 0.3 is 0 Å². The van der Waals surface area contributed by atoms with Crippen LogP contribution in [0.5, 0.6) is 0 Å². The van der Waals surface area contributed by atoms with Gasteiger partial charge in [-0.25, -0.2) is 4.98 Å². The first-order valence-electron chi connectivity index (χ1n) is 9.69. The van der Waals surface area contributed by atoms with Crippen molar-refractivity contribution in [1.82, 2.24) is 19.3 Å². The standard InChI is InChI=1S/C23H21ClN4OS/c1-2-17-5-7-18(8-6-17)15-27(16-19-4-3-11-25-14-19)21(29)10-9-20-22(24)26-23-28(20)12-13-30-23/h3-14H,2,15-16H2,1H3/b10-9+. The maximum Gasteiger partial charge on any atom is 0.247 e. The number of fused-ring (bicyclic) bond motifs is 1. The minimum Gasteiger partial charge on any atom is -0.330 e. The maximum absolute atomic E-state index is 13.1. The van der Waals surface area contributed by atoms with E-state index in [0.717, 1.165) is 22.5 Å². The largest absolute Gasteiger partial charge is 0.330 e. The van der Waals surface area contributed by atoms with Crippen molar-refractivity contribution in [2.45, 2.75) is 26.4 Å². The SMILES string of the molecule is CCc1ccc(CN(Cc2cccnc2)C(=O)/C=C/c2c(Cl)nc3sccn23)cc1.